The van der Waals surface area contributed by atoms with E-state index in [4.69, 9.17) is 0 Å². The van der Waals surface area contributed by atoms with Gasteiger partial charge in [-0.05, 0) is 31.2 Å². The minimum atomic E-state index is -0.399. The first kappa shape index (κ1) is 13.4. The lowest BCUT2D eigenvalue weighted by Crippen LogP contribution is -2.45. The van der Waals surface area contributed by atoms with Crippen molar-refractivity contribution in [2.45, 2.75) is 42.7 Å². The molecule has 2 N–H and O–H groups in total. The van der Waals surface area contributed by atoms with Crippen LogP contribution in [0.5, 0.6) is 0 Å². The van der Waals surface area contributed by atoms with Gasteiger partial charge >= 0.3 is 0 Å². The van der Waals surface area contributed by atoms with Gasteiger partial charge in [0.05, 0.1) is 17.7 Å². The molecule has 0 radical (unpaired) electrons. The van der Waals surface area contributed by atoms with Crippen LogP contribution in [0.4, 0.5) is 0 Å². The molecular formula is C14H19NO2S. The standard InChI is InChI=1S/C14H19NO2S/c1-18-13-9-5-2-6-10(13)14(17)15-11-7-3-4-8-12(11)16/h2,5-6,9,11-12,16H,3-4,7-8H2,1H3,(H,15,17)/t11-,12-/m0/s1. The Hall–Kier alpha value is -1.00. The molecule has 1 amide bonds. The van der Waals surface area contributed by atoms with Crippen LogP contribution in [-0.4, -0.2) is 29.4 Å². The largest absolute Gasteiger partial charge is 0.391 e. The monoisotopic (exact) mass is 265 g/mol. The Morgan fingerprint density at radius 2 is 2.06 bits per heavy atom. The van der Waals surface area contributed by atoms with Gasteiger partial charge in [-0.1, -0.05) is 25.0 Å². The van der Waals surface area contributed by atoms with Crippen molar-refractivity contribution in [2.75, 3.05) is 6.26 Å². The summed E-state index contributed by atoms with van der Waals surface area (Å²) in [5, 5.41) is 12.8. The molecular weight excluding hydrogens is 246 g/mol. The third-order valence-electron chi connectivity index (χ3n) is 3.40. The van der Waals surface area contributed by atoms with Gasteiger partial charge in [-0.15, -0.1) is 11.8 Å². The minimum absolute atomic E-state index is 0.0779. The molecule has 1 aromatic rings. The topological polar surface area (TPSA) is 49.3 Å². The molecule has 1 aliphatic carbocycles. The van der Waals surface area contributed by atoms with Gasteiger partial charge in [-0.25, -0.2) is 0 Å². The van der Waals surface area contributed by atoms with Gasteiger partial charge in [-0.3, -0.25) is 4.79 Å². The molecule has 3 nitrogen and oxygen atoms in total. The first-order valence-electron chi connectivity index (χ1n) is 6.34. The van der Waals surface area contributed by atoms with Crippen molar-refractivity contribution in [3.8, 4) is 0 Å². The zero-order valence-corrected chi connectivity index (χ0v) is 11.4. The smallest absolute Gasteiger partial charge is 0.252 e. The second kappa shape index (κ2) is 6.25. The molecule has 1 saturated carbocycles. The highest BCUT2D eigenvalue weighted by molar-refractivity contribution is 7.98. The Morgan fingerprint density at radius 3 is 2.78 bits per heavy atom. The molecule has 2 atom stereocenters. The lowest BCUT2D eigenvalue weighted by atomic mass is 9.92. The second-order valence-corrected chi connectivity index (χ2v) is 5.48. The van der Waals surface area contributed by atoms with Crippen LogP contribution < -0.4 is 5.32 Å². The summed E-state index contributed by atoms with van der Waals surface area (Å²) in [7, 11) is 0. The molecule has 0 aliphatic heterocycles. The quantitative estimate of drug-likeness (QED) is 0.825. The van der Waals surface area contributed by atoms with Gasteiger partial charge in [0, 0.05) is 4.90 Å². The van der Waals surface area contributed by atoms with Crippen LogP contribution in [0.25, 0.3) is 0 Å². The van der Waals surface area contributed by atoms with Crippen molar-refractivity contribution < 1.29 is 9.90 Å². The Balaban J connectivity index is 2.07. The highest BCUT2D eigenvalue weighted by atomic mass is 32.2. The van der Waals surface area contributed by atoms with E-state index in [1.807, 2.05) is 30.5 Å². The fourth-order valence-corrected chi connectivity index (χ4v) is 2.95. The molecule has 0 unspecified atom stereocenters. The van der Waals surface area contributed by atoms with E-state index < -0.39 is 6.10 Å². The fourth-order valence-electron chi connectivity index (χ4n) is 2.36. The summed E-state index contributed by atoms with van der Waals surface area (Å²) in [6.45, 7) is 0. The predicted octanol–water partition coefficient (Wildman–Crippen LogP) is 2.44. The van der Waals surface area contributed by atoms with Crippen LogP contribution in [0.2, 0.25) is 0 Å². The SMILES string of the molecule is CSc1ccccc1C(=O)N[C@H]1CCCC[C@@H]1O. The Bertz CT molecular complexity index is 422. The lowest BCUT2D eigenvalue weighted by molar-refractivity contribution is 0.0715. The molecule has 0 bridgehead atoms. The Labute approximate surface area is 112 Å². The average Bonchev–Trinajstić information content (AvgIpc) is 2.41. The van der Waals surface area contributed by atoms with Crippen molar-refractivity contribution in [3.63, 3.8) is 0 Å². The van der Waals surface area contributed by atoms with Crippen molar-refractivity contribution in [2.24, 2.45) is 0 Å². The van der Waals surface area contributed by atoms with E-state index >= 15 is 0 Å². The van der Waals surface area contributed by atoms with E-state index in [0.717, 1.165) is 30.6 Å². The molecule has 1 aromatic carbocycles. The summed E-state index contributed by atoms with van der Waals surface area (Å²) in [6, 6.07) is 7.47. The maximum absolute atomic E-state index is 12.2. The van der Waals surface area contributed by atoms with Crippen LogP contribution in [0.3, 0.4) is 0 Å². The summed E-state index contributed by atoms with van der Waals surface area (Å²) >= 11 is 1.56. The van der Waals surface area contributed by atoms with Crippen molar-refractivity contribution >= 4 is 17.7 Å². The molecule has 4 heteroatoms. The normalized spacial score (nSPS) is 23.7. The molecule has 0 spiro atoms. The molecule has 0 saturated heterocycles. The van der Waals surface area contributed by atoms with Gasteiger partial charge in [-0.2, -0.15) is 0 Å². The van der Waals surface area contributed by atoms with Crippen LogP contribution in [-0.2, 0) is 0 Å². The van der Waals surface area contributed by atoms with Crippen molar-refractivity contribution in [1.82, 2.24) is 5.32 Å². The molecule has 0 heterocycles. The van der Waals surface area contributed by atoms with Crippen LogP contribution in [0, 0.1) is 0 Å². The minimum Gasteiger partial charge on any atom is -0.391 e. The molecule has 1 aliphatic rings. The molecule has 1 fully saturated rings. The number of aliphatic hydroxyl groups excluding tert-OH is 1. The maximum atomic E-state index is 12.2. The Morgan fingerprint density at radius 1 is 1.33 bits per heavy atom. The second-order valence-electron chi connectivity index (χ2n) is 4.63. The first-order valence-corrected chi connectivity index (χ1v) is 7.57. The number of aliphatic hydroxyl groups is 1. The van der Waals surface area contributed by atoms with E-state index in [9.17, 15) is 9.90 Å². The number of amides is 1. The van der Waals surface area contributed by atoms with Crippen molar-refractivity contribution in [3.05, 3.63) is 29.8 Å². The summed E-state index contributed by atoms with van der Waals surface area (Å²) in [4.78, 5) is 13.2. The summed E-state index contributed by atoms with van der Waals surface area (Å²) in [6.07, 6.45) is 5.34. The van der Waals surface area contributed by atoms with E-state index in [-0.39, 0.29) is 11.9 Å². The highest BCUT2D eigenvalue weighted by Gasteiger charge is 2.25. The fraction of sp³-hybridized carbons (Fsp3) is 0.500. The van der Waals surface area contributed by atoms with Gasteiger partial charge in [0.15, 0.2) is 0 Å². The maximum Gasteiger partial charge on any atom is 0.252 e. The molecule has 18 heavy (non-hydrogen) atoms. The number of thioether (sulfide) groups is 1. The third-order valence-corrected chi connectivity index (χ3v) is 4.19. The number of rotatable bonds is 3. The van der Waals surface area contributed by atoms with Crippen LogP contribution in [0.1, 0.15) is 36.0 Å². The van der Waals surface area contributed by atoms with E-state index in [0.29, 0.717) is 5.56 Å². The van der Waals surface area contributed by atoms with Gasteiger partial charge in [0.2, 0.25) is 0 Å². The number of nitrogens with one attached hydrogen (secondary N) is 1. The predicted molar refractivity (Wildman–Crippen MR) is 74.0 cm³/mol. The lowest BCUT2D eigenvalue weighted by Gasteiger charge is -2.28. The van der Waals surface area contributed by atoms with E-state index in [1.165, 1.54) is 0 Å². The van der Waals surface area contributed by atoms with Crippen LogP contribution >= 0.6 is 11.8 Å². The summed E-state index contributed by atoms with van der Waals surface area (Å²) in [5.74, 6) is -0.0779. The zero-order valence-electron chi connectivity index (χ0n) is 10.6. The summed E-state index contributed by atoms with van der Waals surface area (Å²) < 4.78 is 0. The zero-order chi connectivity index (χ0) is 13.0. The van der Waals surface area contributed by atoms with Crippen LogP contribution in [0.15, 0.2) is 29.2 Å². The van der Waals surface area contributed by atoms with Crippen molar-refractivity contribution in [1.29, 1.82) is 0 Å². The van der Waals surface area contributed by atoms with E-state index in [2.05, 4.69) is 5.32 Å². The van der Waals surface area contributed by atoms with Gasteiger partial charge in [0.1, 0.15) is 0 Å². The Kier molecular flexibility index (Phi) is 4.66. The number of carbonyl (C=O) groups excluding carboxylic acids is 1. The van der Waals surface area contributed by atoms with Gasteiger partial charge in [0.25, 0.3) is 5.91 Å². The number of carbonyl (C=O) groups is 1. The number of benzene rings is 1. The molecule has 98 valence electrons. The highest BCUT2D eigenvalue weighted by Crippen LogP contribution is 2.22. The number of hydrogen-bond donors (Lipinski definition) is 2. The third kappa shape index (κ3) is 3.06. The molecule has 0 aromatic heterocycles. The average molecular weight is 265 g/mol. The van der Waals surface area contributed by atoms with E-state index in [1.54, 1.807) is 11.8 Å². The number of hydrogen-bond acceptors (Lipinski definition) is 3. The van der Waals surface area contributed by atoms with Gasteiger partial charge < -0.3 is 10.4 Å². The molecule has 2 rings (SSSR count). The first-order chi connectivity index (χ1) is 8.72. The summed E-state index contributed by atoms with van der Waals surface area (Å²) in [5.41, 5.74) is 0.697.